The van der Waals surface area contributed by atoms with Crippen LogP contribution < -0.4 is 25.1 Å². The number of benzene rings is 2. The number of hydrogen-bond acceptors (Lipinski definition) is 5. The highest BCUT2D eigenvalue weighted by atomic mass is 35.5. The van der Waals surface area contributed by atoms with E-state index in [1.165, 1.54) is 20.3 Å². The molecule has 8 heteroatoms. The van der Waals surface area contributed by atoms with Gasteiger partial charge in [0.15, 0.2) is 18.1 Å². The van der Waals surface area contributed by atoms with E-state index in [0.29, 0.717) is 27.8 Å². The van der Waals surface area contributed by atoms with Gasteiger partial charge in [0.25, 0.3) is 11.8 Å². The van der Waals surface area contributed by atoms with Crippen molar-refractivity contribution in [3.63, 3.8) is 0 Å². The molecular formula is C21H25ClN2O5. The highest BCUT2D eigenvalue weighted by molar-refractivity contribution is 6.31. The van der Waals surface area contributed by atoms with E-state index in [4.69, 9.17) is 25.8 Å². The minimum Gasteiger partial charge on any atom is -0.493 e. The number of carbonyl (C=O) groups excluding carboxylic acids is 2. The van der Waals surface area contributed by atoms with Crippen molar-refractivity contribution in [2.45, 2.75) is 26.7 Å². The van der Waals surface area contributed by atoms with E-state index in [1.54, 1.807) is 18.2 Å². The first-order valence-electron chi connectivity index (χ1n) is 9.00. The Labute approximate surface area is 175 Å². The van der Waals surface area contributed by atoms with Gasteiger partial charge < -0.3 is 14.2 Å². The molecule has 0 saturated carbocycles. The van der Waals surface area contributed by atoms with Crippen LogP contribution in [0.15, 0.2) is 30.3 Å². The van der Waals surface area contributed by atoms with Gasteiger partial charge in [-0.3, -0.25) is 20.4 Å². The zero-order chi connectivity index (χ0) is 21.6. The number of carbonyl (C=O) groups is 2. The third-order valence-corrected chi connectivity index (χ3v) is 4.64. The Kier molecular flexibility index (Phi) is 7.73. The summed E-state index contributed by atoms with van der Waals surface area (Å²) in [6.07, 6.45) is 0. The van der Waals surface area contributed by atoms with E-state index in [0.717, 1.165) is 11.1 Å². The van der Waals surface area contributed by atoms with Crippen LogP contribution in [0.25, 0.3) is 0 Å². The van der Waals surface area contributed by atoms with E-state index in [9.17, 15) is 9.59 Å². The zero-order valence-electron chi connectivity index (χ0n) is 17.1. The summed E-state index contributed by atoms with van der Waals surface area (Å²) in [5.41, 5.74) is 6.74. The van der Waals surface area contributed by atoms with Crippen molar-refractivity contribution in [3.8, 4) is 17.2 Å². The summed E-state index contributed by atoms with van der Waals surface area (Å²) in [4.78, 5) is 24.3. The highest BCUT2D eigenvalue weighted by Gasteiger charge is 2.14. The van der Waals surface area contributed by atoms with Crippen molar-refractivity contribution in [1.29, 1.82) is 0 Å². The van der Waals surface area contributed by atoms with Crippen LogP contribution in [0.5, 0.6) is 17.2 Å². The van der Waals surface area contributed by atoms with E-state index in [-0.39, 0.29) is 12.5 Å². The molecule has 0 heterocycles. The quantitative estimate of drug-likeness (QED) is 0.668. The van der Waals surface area contributed by atoms with Crippen molar-refractivity contribution in [2.24, 2.45) is 0 Å². The molecule has 2 aromatic rings. The van der Waals surface area contributed by atoms with Crippen LogP contribution in [0, 0.1) is 6.92 Å². The Bertz CT molecular complexity index is 899. The van der Waals surface area contributed by atoms with E-state index < -0.39 is 11.8 Å². The van der Waals surface area contributed by atoms with Crippen LogP contribution in [0.2, 0.25) is 5.02 Å². The molecule has 0 aliphatic rings. The Balaban J connectivity index is 1.95. The second-order valence-corrected chi connectivity index (χ2v) is 7.06. The molecule has 0 saturated heterocycles. The van der Waals surface area contributed by atoms with Crippen LogP contribution >= 0.6 is 11.6 Å². The first-order valence-corrected chi connectivity index (χ1v) is 9.38. The maximum absolute atomic E-state index is 12.2. The number of hydrogen-bond donors (Lipinski definition) is 2. The predicted octanol–water partition coefficient (Wildman–Crippen LogP) is 3.63. The van der Waals surface area contributed by atoms with Gasteiger partial charge in [0, 0.05) is 10.6 Å². The van der Waals surface area contributed by atoms with Crippen LogP contribution in [-0.4, -0.2) is 32.6 Å². The third-order valence-electron chi connectivity index (χ3n) is 4.23. The molecule has 0 fully saturated rings. The normalized spacial score (nSPS) is 10.4. The smallest absolute Gasteiger partial charge is 0.276 e. The summed E-state index contributed by atoms with van der Waals surface area (Å²) in [5, 5.41) is 0.646. The number of nitrogens with one attached hydrogen (secondary N) is 2. The first-order chi connectivity index (χ1) is 13.8. The van der Waals surface area contributed by atoms with Crippen LogP contribution in [-0.2, 0) is 4.79 Å². The van der Waals surface area contributed by atoms with Crippen molar-refractivity contribution >= 4 is 23.4 Å². The van der Waals surface area contributed by atoms with Gasteiger partial charge in [0.05, 0.1) is 14.2 Å². The second-order valence-electron chi connectivity index (χ2n) is 6.65. The molecule has 2 amide bonds. The van der Waals surface area contributed by atoms with E-state index in [2.05, 4.69) is 10.9 Å². The largest absolute Gasteiger partial charge is 0.493 e. The van der Waals surface area contributed by atoms with Gasteiger partial charge in [-0.15, -0.1) is 0 Å². The Morgan fingerprint density at radius 2 is 1.69 bits per heavy atom. The number of amides is 2. The Morgan fingerprint density at radius 3 is 2.31 bits per heavy atom. The lowest BCUT2D eigenvalue weighted by atomic mass is 10.0. The van der Waals surface area contributed by atoms with Gasteiger partial charge in [-0.25, -0.2) is 0 Å². The lowest BCUT2D eigenvalue weighted by Gasteiger charge is -2.16. The number of aryl methyl sites for hydroxylation is 1. The summed E-state index contributed by atoms with van der Waals surface area (Å²) in [7, 11) is 2.98. The van der Waals surface area contributed by atoms with Gasteiger partial charge >= 0.3 is 0 Å². The van der Waals surface area contributed by atoms with Gasteiger partial charge in [-0.1, -0.05) is 25.4 Å². The monoisotopic (exact) mass is 420 g/mol. The summed E-state index contributed by atoms with van der Waals surface area (Å²) < 4.78 is 15.9. The lowest BCUT2D eigenvalue weighted by Crippen LogP contribution is -2.43. The summed E-state index contributed by atoms with van der Waals surface area (Å²) in [6, 6.07) is 8.32. The molecule has 0 atom stereocenters. The molecule has 0 radical (unpaired) electrons. The molecule has 0 aliphatic heterocycles. The molecule has 0 unspecified atom stereocenters. The molecule has 2 aromatic carbocycles. The fourth-order valence-corrected chi connectivity index (χ4v) is 2.77. The minimum atomic E-state index is -0.499. The maximum atomic E-state index is 12.2. The average Bonchev–Trinajstić information content (AvgIpc) is 2.71. The number of ether oxygens (including phenoxy) is 3. The minimum absolute atomic E-state index is 0.177. The highest BCUT2D eigenvalue weighted by Crippen LogP contribution is 2.32. The molecule has 2 N–H and O–H groups in total. The summed E-state index contributed by atoms with van der Waals surface area (Å²) in [5.74, 6) is 0.680. The Hall–Kier alpha value is -2.93. The van der Waals surface area contributed by atoms with Gasteiger partial charge in [-0.2, -0.15) is 0 Å². The van der Waals surface area contributed by atoms with Gasteiger partial charge in [0.2, 0.25) is 0 Å². The van der Waals surface area contributed by atoms with Crippen molar-refractivity contribution in [2.75, 3.05) is 20.8 Å². The third kappa shape index (κ3) is 5.77. The van der Waals surface area contributed by atoms with Gasteiger partial charge in [-0.05, 0) is 54.3 Å². The summed E-state index contributed by atoms with van der Waals surface area (Å²) in [6.45, 7) is 5.63. The standard InChI is InChI=1S/C21H25ClN2O5/c1-12(2)15-10-16(22)13(3)8-18(15)29-11-20(25)23-24-21(26)14-6-7-17(27-4)19(9-14)28-5/h6-10,12H,11H2,1-5H3,(H,23,25)(H,24,26). The Morgan fingerprint density at radius 1 is 1.00 bits per heavy atom. The van der Waals surface area contributed by atoms with Gasteiger partial charge in [0.1, 0.15) is 5.75 Å². The average molecular weight is 421 g/mol. The van der Waals surface area contributed by atoms with E-state index in [1.807, 2.05) is 26.8 Å². The summed E-state index contributed by atoms with van der Waals surface area (Å²) >= 11 is 6.18. The van der Waals surface area contributed by atoms with Crippen molar-refractivity contribution < 1.29 is 23.8 Å². The number of hydrazine groups is 1. The lowest BCUT2D eigenvalue weighted by molar-refractivity contribution is -0.123. The fraction of sp³-hybridized carbons (Fsp3) is 0.333. The topological polar surface area (TPSA) is 85.9 Å². The number of rotatable bonds is 7. The molecule has 0 spiro atoms. The van der Waals surface area contributed by atoms with Crippen LogP contribution in [0.4, 0.5) is 0 Å². The predicted molar refractivity (Wildman–Crippen MR) is 111 cm³/mol. The van der Waals surface area contributed by atoms with Crippen LogP contribution in [0.3, 0.4) is 0 Å². The maximum Gasteiger partial charge on any atom is 0.276 e. The number of halogens is 1. The molecular weight excluding hydrogens is 396 g/mol. The molecule has 29 heavy (non-hydrogen) atoms. The fourth-order valence-electron chi connectivity index (χ4n) is 2.60. The SMILES string of the molecule is COc1ccc(C(=O)NNC(=O)COc2cc(C)c(Cl)cc2C(C)C)cc1OC. The molecule has 7 nitrogen and oxygen atoms in total. The van der Waals surface area contributed by atoms with Crippen molar-refractivity contribution in [3.05, 3.63) is 52.0 Å². The molecule has 2 rings (SSSR count). The first kappa shape index (κ1) is 22.4. The zero-order valence-corrected chi connectivity index (χ0v) is 17.8. The second kappa shape index (κ2) is 10.0. The number of methoxy groups -OCH3 is 2. The van der Waals surface area contributed by atoms with Crippen LogP contribution in [0.1, 0.15) is 41.3 Å². The molecule has 0 aliphatic carbocycles. The molecule has 156 valence electrons. The van der Waals surface area contributed by atoms with Crippen molar-refractivity contribution in [1.82, 2.24) is 10.9 Å². The molecule has 0 bridgehead atoms. The van der Waals surface area contributed by atoms with E-state index >= 15 is 0 Å². The molecule has 0 aromatic heterocycles.